The molecule has 1 aliphatic carbocycles. The molecule has 2 heterocycles. The Hall–Kier alpha value is -1.14. The van der Waals surface area contributed by atoms with Gasteiger partial charge >= 0.3 is 0 Å². The van der Waals surface area contributed by atoms with Crippen molar-refractivity contribution in [2.45, 2.75) is 37.8 Å². The Labute approximate surface area is 125 Å². The number of carbonyl (C=O) groups is 2. The summed E-state index contributed by atoms with van der Waals surface area (Å²) in [6, 6.07) is 0.306. The summed E-state index contributed by atoms with van der Waals surface area (Å²) in [7, 11) is 1.86. The standard InChI is InChI=1S/C15H25N3O3/c1-16-13-9-21-8-12(13)14(19)17-11-4-6-18(7-5-11)15(20)10-2-3-10/h10-13,16H,2-9H2,1H3,(H,17,19). The number of hydrogen-bond donors (Lipinski definition) is 2. The first-order valence-electron chi connectivity index (χ1n) is 8.03. The van der Waals surface area contributed by atoms with Crippen LogP contribution in [-0.4, -0.2) is 62.1 Å². The Balaban J connectivity index is 1.44. The normalized spacial score (nSPS) is 30.4. The third kappa shape index (κ3) is 3.37. The van der Waals surface area contributed by atoms with E-state index >= 15 is 0 Å². The molecule has 0 spiro atoms. The highest BCUT2D eigenvalue weighted by Gasteiger charge is 2.37. The molecule has 2 atom stereocenters. The van der Waals surface area contributed by atoms with E-state index in [1.807, 2.05) is 11.9 Å². The molecule has 2 aliphatic heterocycles. The summed E-state index contributed by atoms with van der Waals surface area (Å²) in [5, 5.41) is 6.27. The molecule has 0 bridgehead atoms. The zero-order valence-electron chi connectivity index (χ0n) is 12.6. The summed E-state index contributed by atoms with van der Waals surface area (Å²) < 4.78 is 5.38. The molecule has 6 nitrogen and oxygen atoms in total. The largest absolute Gasteiger partial charge is 0.379 e. The average Bonchev–Trinajstić information content (AvgIpc) is 3.24. The van der Waals surface area contributed by atoms with Crippen LogP contribution in [0.2, 0.25) is 0 Å². The summed E-state index contributed by atoms with van der Waals surface area (Å²) in [6.07, 6.45) is 3.84. The van der Waals surface area contributed by atoms with Gasteiger partial charge in [-0.15, -0.1) is 0 Å². The molecule has 2 amide bonds. The highest BCUT2D eigenvalue weighted by atomic mass is 16.5. The predicted molar refractivity (Wildman–Crippen MR) is 77.6 cm³/mol. The van der Waals surface area contributed by atoms with Crippen molar-refractivity contribution < 1.29 is 14.3 Å². The first-order valence-corrected chi connectivity index (χ1v) is 8.03. The fourth-order valence-electron chi connectivity index (χ4n) is 3.24. The number of hydrogen-bond acceptors (Lipinski definition) is 4. The Kier molecular flexibility index (Phi) is 4.45. The molecule has 1 saturated carbocycles. The van der Waals surface area contributed by atoms with E-state index in [-0.39, 0.29) is 23.9 Å². The second-order valence-corrected chi connectivity index (χ2v) is 6.42. The van der Waals surface area contributed by atoms with Crippen molar-refractivity contribution in [3.63, 3.8) is 0 Å². The molecule has 2 saturated heterocycles. The zero-order chi connectivity index (χ0) is 14.8. The van der Waals surface area contributed by atoms with Gasteiger partial charge in [0.05, 0.1) is 19.1 Å². The van der Waals surface area contributed by atoms with Gasteiger partial charge < -0.3 is 20.3 Å². The van der Waals surface area contributed by atoms with Gasteiger partial charge in [0, 0.05) is 31.1 Å². The van der Waals surface area contributed by atoms with Crippen LogP contribution < -0.4 is 10.6 Å². The van der Waals surface area contributed by atoms with Gasteiger partial charge in [0.2, 0.25) is 11.8 Å². The van der Waals surface area contributed by atoms with Gasteiger partial charge in [-0.3, -0.25) is 9.59 Å². The van der Waals surface area contributed by atoms with Crippen LogP contribution in [0, 0.1) is 11.8 Å². The van der Waals surface area contributed by atoms with E-state index in [0.29, 0.717) is 25.0 Å². The molecule has 6 heteroatoms. The summed E-state index contributed by atoms with van der Waals surface area (Å²) in [5.74, 6) is 0.599. The minimum Gasteiger partial charge on any atom is -0.379 e. The molecule has 118 valence electrons. The summed E-state index contributed by atoms with van der Waals surface area (Å²) in [4.78, 5) is 26.3. The number of ether oxygens (including phenoxy) is 1. The third-order valence-electron chi connectivity index (χ3n) is 4.87. The van der Waals surface area contributed by atoms with Gasteiger partial charge in [-0.2, -0.15) is 0 Å². The average molecular weight is 295 g/mol. The minimum absolute atomic E-state index is 0.0822. The van der Waals surface area contributed by atoms with Crippen molar-refractivity contribution in [2.75, 3.05) is 33.4 Å². The molecule has 0 aromatic heterocycles. The van der Waals surface area contributed by atoms with Crippen LogP contribution in [0.3, 0.4) is 0 Å². The fourth-order valence-corrected chi connectivity index (χ4v) is 3.24. The summed E-state index contributed by atoms with van der Waals surface area (Å²) >= 11 is 0. The fraction of sp³-hybridized carbons (Fsp3) is 0.867. The van der Waals surface area contributed by atoms with Crippen molar-refractivity contribution in [1.29, 1.82) is 0 Å². The first-order chi connectivity index (χ1) is 10.2. The summed E-state index contributed by atoms with van der Waals surface area (Å²) in [6.45, 7) is 2.65. The van der Waals surface area contributed by atoms with Crippen LogP contribution in [0.15, 0.2) is 0 Å². The second-order valence-electron chi connectivity index (χ2n) is 6.42. The molecule has 3 aliphatic rings. The first kappa shape index (κ1) is 14.8. The van der Waals surface area contributed by atoms with E-state index in [9.17, 15) is 9.59 Å². The number of carbonyl (C=O) groups excluding carboxylic acids is 2. The van der Waals surface area contributed by atoms with Gasteiger partial charge in [0.25, 0.3) is 0 Å². The third-order valence-corrected chi connectivity index (χ3v) is 4.87. The molecular weight excluding hydrogens is 270 g/mol. The molecule has 3 fully saturated rings. The van der Waals surface area contributed by atoms with Crippen LogP contribution in [0.5, 0.6) is 0 Å². The van der Waals surface area contributed by atoms with Crippen molar-refractivity contribution >= 4 is 11.8 Å². The van der Waals surface area contributed by atoms with Crippen LogP contribution >= 0.6 is 0 Å². The van der Waals surface area contributed by atoms with Crippen LogP contribution in [0.25, 0.3) is 0 Å². The lowest BCUT2D eigenvalue weighted by Crippen LogP contribution is -2.50. The van der Waals surface area contributed by atoms with E-state index in [2.05, 4.69) is 10.6 Å². The van der Waals surface area contributed by atoms with Crippen LogP contribution in [0.4, 0.5) is 0 Å². The summed E-state index contributed by atoms with van der Waals surface area (Å²) in [5.41, 5.74) is 0. The molecule has 3 rings (SSSR count). The molecule has 0 aromatic carbocycles. The lowest BCUT2D eigenvalue weighted by Gasteiger charge is -2.33. The molecule has 2 unspecified atom stereocenters. The number of amides is 2. The Morgan fingerprint density at radius 2 is 1.81 bits per heavy atom. The van der Waals surface area contributed by atoms with E-state index in [1.54, 1.807) is 0 Å². The van der Waals surface area contributed by atoms with E-state index in [1.165, 1.54) is 0 Å². The quantitative estimate of drug-likeness (QED) is 0.749. The number of nitrogens with one attached hydrogen (secondary N) is 2. The monoisotopic (exact) mass is 295 g/mol. The lowest BCUT2D eigenvalue weighted by molar-refractivity contribution is -0.133. The van der Waals surface area contributed by atoms with E-state index in [0.717, 1.165) is 38.8 Å². The number of likely N-dealkylation sites (N-methyl/N-ethyl adjacent to an activating group) is 1. The molecule has 0 aromatic rings. The van der Waals surface area contributed by atoms with Gasteiger partial charge in [-0.05, 0) is 32.7 Å². The molecular formula is C15H25N3O3. The van der Waals surface area contributed by atoms with Crippen molar-refractivity contribution in [1.82, 2.24) is 15.5 Å². The maximum Gasteiger partial charge on any atom is 0.227 e. The maximum atomic E-state index is 12.3. The molecule has 21 heavy (non-hydrogen) atoms. The van der Waals surface area contributed by atoms with Gasteiger partial charge in [-0.1, -0.05) is 0 Å². The van der Waals surface area contributed by atoms with E-state index < -0.39 is 0 Å². The predicted octanol–water partition coefficient (Wildman–Crippen LogP) is -0.262. The smallest absolute Gasteiger partial charge is 0.227 e. The minimum atomic E-state index is -0.0962. The SMILES string of the molecule is CNC1COCC1C(=O)NC1CCN(C(=O)C2CC2)CC1. The number of nitrogens with zero attached hydrogens (tertiary/aromatic N) is 1. The van der Waals surface area contributed by atoms with Crippen LogP contribution in [-0.2, 0) is 14.3 Å². The molecule has 2 N–H and O–H groups in total. The van der Waals surface area contributed by atoms with E-state index in [4.69, 9.17) is 4.74 Å². The number of likely N-dealkylation sites (tertiary alicyclic amines) is 1. The Morgan fingerprint density at radius 1 is 1.10 bits per heavy atom. The van der Waals surface area contributed by atoms with Crippen molar-refractivity contribution in [2.24, 2.45) is 11.8 Å². The van der Waals surface area contributed by atoms with Gasteiger partial charge in [-0.25, -0.2) is 0 Å². The zero-order valence-corrected chi connectivity index (χ0v) is 12.6. The topological polar surface area (TPSA) is 70.7 Å². The Bertz CT molecular complexity index is 403. The van der Waals surface area contributed by atoms with Crippen molar-refractivity contribution in [3.05, 3.63) is 0 Å². The van der Waals surface area contributed by atoms with Gasteiger partial charge in [0.1, 0.15) is 0 Å². The number of rotatable bonds is 4. The second kappa shape index (κ2) is 6.32. The highest BCUT2D eigenvalue weighted by Crippen LogP contribution is 2.31. The lowest BCUT2D eigenvalue weighted by atomic mass is 10.00. The maximum absolute atomic E-state index is 12.3. The number of piperidine rings is 1. The van der Waals surface area contributed by atoms with Gasteiger partial charge in [0.15, 0.2) is 0 Å². The van der Waals surface area contributed by atoms with Crippen LogP contribution in [0.1, 0.15) is 25.7 Å². The van der Waals surface area contributed by atoms with Crippen molar-refractivity contribution in [3.8, 4) is 0 Å². The Morgan fingerprint density at radius 3 is 2.43 bits per heavy atom. The highest BCUT2D eigenvalue weighted by molar-refractivity contribution is 5.81. The molecule has 0 radical (unpaired) electrons.